The number of benzene rings is 2. The largest absolute Gasteiger partial charge is 0.444 e. The summed E-state index contributed by atoms with van der Waals surface area (Å²) in [6.07, 6.45) is 3.38. The van der Waals surface area contributed by atoms with Crippen LogP contribution in [0.25, 0.3) is 0 Å². The van der Waals surface area contributed by atoms with Gasteiger partial charge in [-0.15, -0.1) is 0 Å². The molecule has 0 saturated carbocycles. The van der Waals surface area contributed by atoms with E-state index in [1.807, 2.05) is 97.7 Å². The third-order valence-corrected chi connectivity index (χ3v) is 16.6. The number of para-hydroxylation sites is 2. The first-order valence-electron chi connectivity index (χ1n) is 29.0. The van der Waals surface area contributed by atoms with Crippen LogP contribution in [0.15, 0.2) is 70.1 Å². The van der Waals surface area contributed by atoms with Gasteiger partial charge in [-0.25, -0.2) is 4.79 Å². The number of carbonyl (C=O) groups excluding carboxylic acids is 9. The average Bonchev–Trinajstić information content (AvgIpc) is 4.45. The fraction of sp³-hybridized carbons (Fsp3) is 0.540. The minimum atomic E-state index is -1.35. The van der Waals surface area contributed by atoms with Crippen LogP contribution in [0.3, 0.4) is 0 Å². The monoisotopic (exact) mass is 1180 g/mol. The van der Waals surface area contributed by atoms with E-state index < -0.39 is 58.5 Å². The lowest BCUT2D eigenvalue weighted by Gasteiger charge is -2.37. The number of nitrogens with one attached hydrogen (secondary N) is 3. The molecule has 6 heterocycles. The zero-order chi connectivity index (χ0) is 60.7. The van der Waals surface area contributed by atoms with E-state index >= 15 is 0 Å². The second-order valence-electron chi connectivity index (χ2n) is 25.4. The van der Waals surface area contributed by atoms with E-state index in [1.165, 1.54) is 0 Å². The number of carbonyl (C=O) groups is 9. The quantitative estimate of drug-likeness (QED) is 0.0613. The molecule has 448 valence electrons. The fourth-order valence-corrected chi connectivity index (χ4v) is 12.4. The van der Waals surface area contributed by atoms with Gasteiger partial charge >= 0.3 is 6.09 Å². The van der Waals surface area contributed by atoms with Crippen LogP contribution in [-0.2, 0) is 69.0 Å². The molecule has 2 aromatic carbocycles. The van der Waals surface area contributed by atoms with Crippen molar-refractivity contribution in [2.24, 2.45) is 29.4 Å². The van der Waals surface area contributed by atoms with Gasteiger partial charge in [0.2, 0.25) is 35.4 Å². The van der Waals surface area contributed by atoms with Crippen LogP contribution in [0.4, 0.5) is 27.5 Å². The summed E-state index contributed by atoms with van der Waals surface area (Å²) >= 11 is 3.11. The number of Topliss-reactive ketones (excluding diaryl/α,β-unsaturated/α-hetero) is 2. The SMILES string of the molecule is CC(C)C[C@@H](NC(=O)C(C)(C)N)C(=O)CC1Cc2cccc(N3CCCC3=O)c2N(Cc2ccsc2)C1=O.CC(C)C[C@@H](NC(=O)C(C)(C)NC(=O)OC(C)(C)C)C(=O)CC1Cc2cccc(N3CCCC3=O)c2N(Cc2ccsc2)C1=O. The van der Waals surface area contributed by atoms with Gasteiger partial charge in [0.05, 0.1) is 53.5 Å². The lowest BCUT2D eigenvalue weighted by Crippen LogP contribution is -2.58. The van der Waals surface area contributed by atoms with Crippen LogP contribution < -0.4 is 41.3 Å². The predicted octanol–water partition coefficient (Wildman–Crippen LogP) is 9.18. The first kappa shape index (κ1) is 63.8. The Bertz CT molecular complexity index is 3030. The third-order valence-electron chi connectivity index (χ3n) is 15.1. The predicted molar refractivity (Wildman–Crippen MR) is 325 cm³/mol. The van der Waals surface area contributed by atoms with E-state index in [4.69, 9.17) is 10.5 Å². The molecule has 0 aliphatic carbocycles. The van der Waals surface area contributed by atoms with E-state index in [9.17, 15) is 43.2 Å². The molecular weight excluding hydrogens is 1090 g/mol. The van der Waals surface area contributed by atoms with Gasteiger partial charge in [-0.1, -0.05) is 52.0 Å². The molecule has 4 aromatic rings. The molecule has 5 N–H and O–H groups in total. The maximum absolute atomic E-state index is 14.2. The van der Waals surface area contributed by atoms with Crippen LogP contribution in [0.2, 0.25) is 0 Å². The molecule has 2 fully saturated rings. The number of fused-ring (bicyclic) bond motifs is 2. The molecule has 20 heteroatoms. The van der Waals surface area contributed by atoms with Crippen LogP contribution >= 0.6 is 22.7 Å². The minimum absolute atomic E-state index is 0.0218. The van der Waals surface area contributed by atoms with Crippen molar-refractivity contribution in [3.63, 3.8) is 0 Å². The summed E-state index contributed by atoms with van der Waals surface area (Å²) < 4.78 is 5.32. The van der Waals surface area contributed by atoms with Gasteiger partial charge in [0.1, 0.15) is 11.1 Å². The molecule has 4 aliphatic rings. The number of alkyl carbamates (subject to hydrolysis) is 1. The summed E-state index contributed by atoms with van der Waals surface area (Å²) in [5, 5.41) is 16.2. The standard InChI is InChI=1S/C34H46N4O6S.C29H38N4O4S/c1-21(2)16-25(35-31(42)34(6,7)36-32(43)44-33(3,4)5)27(39)18-24-17-23-10-8-11-26(37-14-9-12-28(37)40)29(23)38(30(24)41)19-22-13-15-45-20-22;1-18(2)13-22(31-28(37)29(3,4)30)24(34)15-21-14-20-7-5-8-23(32-11-6-9-25(32)35)26(20)33(27(21)36)16-19-10-12-38-17-19/h8,10-11,13,15,20-21,24-25H,9,12,14,16-19H2,1-7H3,(H,35,42)(H,36,43);5,7-8,10,12,17-18,21-22H,6,9,11,13-16,30H2,1-4H3,(H,31,37)/t24?,25-;21?,22-/m11/s1. The highest BCUT2D eigenvalue weighted by molar-refractivity contribution is 7.08. The Labute approximate surface area is 496 Å². The van der Waals surface area contributed by atoms with Gasteiger partial charge in [0.25, 0.3) is 0 Å². The summed E-state index contributed by atoms with van der Waals surface area (Å²) in [4.78, 5) is 126. The number of ether oxygens (including phenoxy) is 1. The molecule has 0 radical (unpaired) electrons. The first-order valence-corrected chi connectivity index (χ1v) is 30.9. The zero-order valence-corrected chi connectivity index (χ0v) is 51.7. The Morgan fingerprint density at radius 1 is 0.627 bits per heavy atom. The summed E-state index contributed by atoms with van der Waals surface area (Å²) in [7, 11) is 0. The molecule has 0 bridgehead atoms. The van der Waals surface area contributed by atoms with Crippen LogP contribution in [-0.4, -0.2) is 95.0 Å². The Kier molecular flexibility index (Phi) is 20.6. The second-order valence-corrected chi connectivity index (χ2v) is 27.0. The lowest BCUT2D eigenvalue weighted by atomic mass is 9.84. The number of anilines is 4. The molecule has 2 saturated heterocycles. The highest BCUT2D eigenvalue weighted by atomic mass is 32.1. The Hall–Kier alpha value is -6.77. The van der Waals surface area contributed by atoms with Crippen molar-refractivity contribution in [2.75, 3.05) is 32.7 Å². The lowest BCUT2D eigenvalue weighted by molar-refractivity contribution is -0.133. The molecule has 4 atom stereocenters. The number of rotatable bonds is 21. The molecule has 2 aromatic heterocycles. The number of ketones is 2. The third kappa shape index (κ3) is 16.3. The van der Waals surface area contributed by atoms with Gasteiger partial charge in [0.15, 0.2) is 11.6 Å². The van der Waals surface area contributed by atoms with Crippen molar-refractivity contribution in [3.8, 4) is 0 Å². The minimum Gasteiger partial charge on any atom is -0.444 e. The van der Waals surface area contributed by atoms with Gasteiger partial charge < -0.3 is 46.0 Å². The van der Waals surface area contributed by atoms with E-state index in [0.29, 0.717) is 64.7 Å². The number of nitrogens with two attached hydrogens (primary N) is 1. The molecule has 18 nitrogen and oxygen atoms in total. The summed E-state index contributed by atoms with van der Waals surface area (Å²) in [5.74, 6) is -2.47. The molecule has 7 amide bonds. The van der Waals surface area contributed by atoms with Gasteiger partial charge in [0, 0.05) is 50.6 Å². The van der Waals surface area contributed by atoms with Crippen LogP contribution in [0.1, 0.15) is 150 Å². The topological polar surface area (TPSA) is 238 Å². The van der Waals surface area contributed by atoms with Crippen molar-refractivity contribution in [1.29, 1.82) is 0 Å². The first-order chi connectivity index (χ1) is 39.0. The summed E-state index contributed by atoms with van der Waals surface area (Å²) in [6.45, 7) is 21.3. The van der Waals surface area contributed by atoms with Crippen LogP contribution in [0, 0.1) is 23.7 Å². The maximum atomic E-state index is 14.2. The van der Waals surface area contributed by atoms with Crippen LogP contribution in [0.5, 0.6) is 0 Å². The molecule has 2 unspecified atom stereocenters. The second kappa shape index (κ2) is 26.9. The summed E-state index contributed by atoms with van der Waals surface area (Å²) in [5.41, 5.74) is 9.57. The Morgan fingerprint density at radius 2 is 1.05 bits per heavy atom. The normalized spacial score (nSPS) is 18.1. The van der Waals surface area contributed by atoms with E-state index in [2.05, 4.69) is 16.0 Å². The van der Waals surface area contributed by atoms with Gasteiger partial charge in [-0.2, -0.15) is 22.7 Å². The van der Waals surface area contributed by atoms with E-state index in [0.717, 1.165) is 57.8 Å². The molecule has 4 aliphatic heterocycles. The number of amides is 7. The van der Waals surface area contributed by atoms with Crippen molar-refractivity contribution >= 4 is 98.5 Å². The molecule has 0 spiro atoms. The number of nitrogens with zero attached hydrogens (tertiary/aromatic N) is 4. The molecule has 83 heavy (non-hydrogen) atoms. The van der Waals surface area contributed by atoms with E-state index in [-0.39, 0.29) is 59.9 Å². The van der Waals surface area contributed by atoms with Crippen molar-refractivity contribution in [1.82, 2.24) is 16.0 Å². The van der Waals surface area contributed by atoms with Crippen molar-refractivity contribution < 1.29 is 47.9 Å². The van der Waals surface area contributed by atoms with Gasteiger partial charge in [-0.3, -0.25) is 38.4 Å². The van der Waals surface area contributed by atoms with Crippen molar-refractivity contribution in [3.05, 3.63) is 92.3 Å². The van der Waals surface area contributed by atoms with E-state index in [1.54, 1.807) is 90.7 Å². The zero-order valence-electron chi connectivity index (χ0n) is 50.1. The molecular formula is C63H84N8O10S2. The highest BCUT2D eigenvalue weighted by Gasteiger charge is 2.42. The van der Waals surface area contributed by atoms with Gasteiger partial charge in [-0.05, 0) is 167 Å². The fourth-order valence-electron chi connectivity index (χ4n) is 11.0. The average molecular weight is 1180 g/mol. The molecule has 8 rings (SSSR count). The smallest absolute Gasteiger partial charge is 0.408 e. The summed E-state index contributed by atoms with van der Waals surface area (Å²) in [6, 6.07) is 14.0. The highest BCUT2D eigenvalue weighted by Crippen LogP contribution is 2.44. The Morgan fingerprint density at radius 3 is 1.40 bits per heavy atom. The number of thiophene rings is 2. The Balaban J connectivity index is 0.000000242. The number of hydrogen-bond acceptors (Lipinski definition) is 13. The van der Waals surface area contributed by atoms with Crippen molar-refractivity contribution in [2.45, 2.75) is 182 Å². The number of hydrogen-bond donors (Lipinski definition) is 4. The maximum Gasteiger partial charge on any atom is 0.408 e.